The molecule has 0 spiro atoms. The van der Waals surface area contributed by atoms with Crippen LogP contribution < -0.4 is 5.56 Å². The molecule has 0 amide bonds. The van der Waals surface area contributed by atoms with Gasteiger partial charge in [-0.25, -0.2) is 13.1 Å². The van der Waals surface area contributed by atoms with Gasteiger partial charge in [0.1, 0.15) is 4.47 Å². The summed E-state index contributed by atoms with van der Waals surface area (Å²) in [6.45, 7) is 1.83. The number of hydrogen-bond donors (Lipinski definition) is 1. The largest absolute Gasteiger partial charge is 0.298 e. The van der Waals surface area contributed by atoms with Crippen molar-refractivity contribution in [1.82, 2.24) is 9.78 Å². The average Bonchev–Trinajstić information content (AvgIpc) is 3.00. The van der Waals surface area contributed by atoms with Gasteiger partial charge in [-0.15, -0.1) is 0 Å². The summed E-state index contributed by atoms with van der Waals surface area (Å²) in [6, 6.07) is 0. The normalized spacial score (nSPS) is 30.8. The van der Waals surface area contributed by atoms with Gasteiger partial charge in [-0.3, -0.25) is 9.89 Å². The molecular formula is C11H15BrN2O3S. The summed E-state index contributed by atoms with van der Waals surface area (Å²) >= 11 is 3.33. The summed E-state index contributed by atoms with van der Waals surface area (Å²) in [4.78, 5) is 12.2. The highest BCUT2D eigenvalue weighted by Crippen LogP contribution is 2.42. The number of aromatic nitrogens is 2. The van der Waals surface area contributed by atoms with E-state index in [-0.39, 0.29) is 17.1 Å². The molecule has 0 radical (unpaired) electrons. The Hall–Kier alpha value is -0.560. The Kier molecular flexibility index (Phi) is 2.58. The molecule has 18 heavy (non-hydrogen) atoms. The van der Waals surface area contributed by atoms with E-state index in [1.54, 1.807) is 0 Å². The number of halogens is 1. The monoisotopic (exact) mass is 334 g/mol. The van der Waals surface area contributed by atoms with Gasteiger partial charge in [-0.2, -0.15) is 0 Å². The number of H-pyrrole nitrogens is 1. The molecule has 2 aliphatic rings. The third kappa shape index (κ3) is 1.87. The Morgan fingerprint density at radius 2 is 2.11 bits per heavy atom. The third-order valence-corrected chi connectivity index (χ3v) is 6.52. The van der Waals surface area contributed by atoms with Crippen molar-refractivity contribution in [3.8, 4) is 0 Å². The topological polar surface area (TPSA) is 71.9 Å². The number of sulfone groups is 1. The summed E-state index contributed by atoms with van der Waals surface area (Å²) < 4.78 is 25.3. The van der Waals surface area contributed by atoms with Crippen LogP contribution in [0.1, 0.15) is 37.8 Å². The van der Waals surface area contributed by atoms with Crippen LogP contribution in [0, 0.1) is 0 Å². The zero-order valence-corrected chi connectivity index (χ0v) is 12.5. The van der Waals surface area contributed by atoms with E-state index in [1.165, 1.54) is 4.68 Å². The van der Waals surface area contributed by atoms with E-state index in [0.717, 1.165) is 18.5 Å². The predicted molar refractivity (Wildman–Crippen MR) is 71.6 cm³/mol. The molecule has 7 heteroatoms. The van der Waals surface area contributed by atoms with Gasteiger partial charge < -0.3 is 0 Å². The van der Waals surface area contributed by atoms with E-state index in [0.29, 0.717) is 16.8 Å². The molecule has 1 unspecified atom stereocenters. The van der Waals surface area contributed by atoms with Crippen LogP contribution in [-0.2, 0) is 15.4 Å². The molecule has 0 bridgehead atoms. The van der Waals surface area contributed by atoms with Crippen LogP contribution in [-0.4, -0.2) is 29.7 Å². The van der Waals surface area contributed by atoms with E-state index >= 15 is 0 Å². The number of aromatic amines is 1. The van der Waals surface area contributed by atoms with Crippen molar-refractivity contribution in [3.63, 3.8) is 0 Å². The summed E-state index contributed by atoms with van der Waals surface area (Å²) in [6.07, 6.45) is 2.67. The van der Waals surface area contributed by atoms with Crippen LogP contribution in [0.3, 0.4) is 0 Å². The van der Waals surface area contributed by atoms with Gasteiger partial charge in [0.05, 0.1) is 22.7 Å². The van der Waals surface area contributed by atoms with Crippen LogP contribution in [0.5, 0.6) is 0 Å². The van der Waals surface area contributed by atoms with E-state index in [1.807, 2.05) is 6.92 Å². The molecule has 1 atom stereocenters. The highest BCUT2D eigenvalue weighted by molar-refractivity contribution is 9.10. The second kappa shape index (κ2) is 3.72. The molecule has 1 aliphatic heterocycles. The number of rotatable bonds is 2. The van der Waals surface area contributed by atoms with Crippen molar-refractivity contribution < 1.29 is 8.42 Å². The third-order valence-electron chi connectivity index (χ3n) is 3.87. The Morgan fingerprint density at radius 3 is 2.61 bits per heavy atom. The minimum absolute atomic E-state index is 0.0387. The molecule has 1 N–H and O–H groups in total. The van der Waals surface area contributed by atoms with Crippen molar-refractivity contribution in [2.24, 2.45) is 0 Å². The number of nitrogens with one attached hydrogen (secondary N) is 1. The fourth-order valence-corrected chi connectivity index (χ4v) is 5.33. The lowest BCUT2D eigenvalue weighted by Crippen LogP contribution is -2.39. The molecule has 1 aromatic heterocycles. The Bertz CT molecular complexity index is 656. The molecule has 1 saturated heterocycles. The maximum absolute atomic E-state index is 12.2. The van der Waals surface area contributed by atoms with Crippen LogP contribution in [0.2, 0.25) is 0 Å². The standard InChI is InChI=1S/C11H15BrN2O3S/c1-11(4-5-18(16,17)6-11)14-10(15)8(12)9(13-14)7-2-3-7/h7,13H,2-6H2,1H3. The first kappa shape index (κ1) is 12.5. The Morgan fingerprint density at radius 1 is 1.44 bits per heavy atom. The van der Waals surface area contributed by atoms with Gasteiger partial charge >= 0.3 is 0 Å². The van der Waals surface area contributed by atoms with Gasteiger partial charge in [-0.1, -0.05) is 0 Å². The smallest absolute Gasteiger partial charge is 0.281 e. The van der Waals surface area contributed by atoms with Crippen LogP contribution in [0.15, 0.2) is 9.27 Å². The molecule has 1 aromatic rings. The predicted octanol–water partition coefficient (Wildman–Crippen LogP) is 1.35. The van der Waals surface area contributed by atoms with Gasteiger partial charge in [0.25, 0.3) is 5.56 Å². The summed E-state index contributed by atoms with van der Waals surface area (Å²) in [5.41, 5.74) is 0.146. The van der Waals surface area contributed by atoms with Crippen LogP contribution >= 0.6 is 15.9 Å². The maximum Gasteiger partial charge on any atom is 0.281 e. The number of nitrogens with zero attached hydrogens (tertiary/aromatic N) is 1. The first-order chi connectivity index (χ1) is 8.32. The molecule has 2 heterocycles. The molecule has 2 fully saturated rings. The van der Waals surface area contributed by atoms with Crippen molar-refractivity contribution in [2.75, 3.05) is 11.5 Å². The second-order valence-electron chi connectivity index (χ2n) is 5.59. The first-order valence-electron chi connectivity index (χ1n) is 6.04. The molecule has 5 nitrogen and oxygen atoms in total. The fraction of sp³-hybridized carbons (Fsp3) is 0.727. The summed E-state index contributed by atoms with van der Waals surface area (Å²) in [7, 11) is -3.02. The lowest BCUT2D eigenvalue weighted by atomic mass is 10.0. The van der Waals surface area contributed by atoms with E-state index in [9.17, 15) is 13.2 Å². The molecule has 3 rings (SSSR count). The van der Waals surface area contributed by atoms with Crippen molar-refractivity contribution in [3.05, 3.63) is 20.5 Å². The molecule has 1 saturated carbocycles. The second-order valence-corrected chi connectivity index (χ2v) is 8.57. The quantitative estimate of drug-likeness (QED) is 0.887. The molecule has 0 aromatic carbocycles. The summed E-state index contributed by atoms with van der Waals surface area (Å²) in [5, 5.41) is 3.12. The number of hydrogen-bond acceptors (Lipinski definition) is 3. The minimum atomic E-state index is -3.02. The SMILES string of the molecule is CC1(n2[nH]c(C3CC3)c(Br)c2=O)CCS(=O)(=O)C1. The van der Waals surface area contributed by atoms with Crippen molar-refractivity contribution >= 4 is 25.8 Å². The lowest BCUT2D eigenvalue weighted by molar-refractivity contribution is 0.317. The van der Waals surface area contributed by atoms with Gasteiger partial charge in [0.2, 0.25) is 0 Å². The molecule has 1 aliphatic carbocycles. The van der Waals surface area contributed by atoms with E-state index < -0.39 is 15.4 Å². The van der Waals surface area contributed by atoms with Crippen molar-refractivity contribution in [2.45, 2.75) is 37.6 Å². The van der Waals surface area contributed by atoms with Gasteiger partial charge in [-0.05, 0) is 42.1 Å². The van der Waals surface area contributed by atoms with Gasteiger partial charge in [0, 0.05) is 5.92 Å². The zero-order valence-electron chi connectivity index (χ0n) is 10.1. The fourth-order valence-electron chi connectivity index (χ4n) is 2.63. The minimum Gasteiger partial charge on any atom is -0.298 e. The van der Waals surface area contributed by atoms with E-state index in [2.05, 4.69) is 21.0 Å². The van der Waals surface area contributed by atoms with E-state index in [4.69, 9.17) is 0 Å². The Balaban J connectivity index is 2.07. The maximum atomic E-state index is 12.2. The first-order valence-corrected chi connectivity index (χ1v) is 8.65. The summed E-state index contributed by atoms with van der Waals surface area (Å²) in [5.74, 6) is 0.623. The zero-order chi connectivity index (χ0) is 13.1. The highest BCUT2D eigenvalue weighted by Gasteiger charge is 2.42. The molecular weight excluding hydrogens is 320 g/mol. The lowest BCUT2D eigenvalue weighted by Gasteiger charge is -2.22. The molecule has 100 valence electrons. The van der Waals surface area contributed by atoms with Crippen LogP contribution in [0.4, 0.5) is 0 Å². The van der Waals surface area contributed by atoms with Gasteiger partial charge in [0.15, 0.2) is 9.84 Å². The highest BCUT2D eigenvalue weighted by atomic mass is 79.9. The Labute approximate surface area is 114 Å². The van der Waals surface area contributed by atoms with Crippen molar-refractivity contribution in [1.29, 1.82) is 0 Å². The average molecular weight is 335 g/mol. The van der Waals surface area contributed by atoms with Crippen LogP contribution in [0.25, 0.3) is 0 Å².